The lowest BCUT2D eigenvalue weighted by molar-refractivity contribution is 0.173. The van der Waals surface area contributed by atoms with Crippen molar-refractivity contribution in [3.8, 4) is 11.5 Å². The first kappa shape index (κ1) is 37.5. The minimum atomic E-state index is -0.141. The fourth-order valence-corrected chi connectivity index (χ4v) is 9.17. The van der Waals surface area contributed by atoms with Gasteiger partial charge in [0.2, 0.25) is 6.79 Å². The zero-order valence-electron chi connectivity index (χ0n) is 36.4. The first-order valence-electron chi connectivity index (χ1n) is 20.6. The standard InChI is InChI=1S/C51H57BN2O3/c1-29-23-42-46(56-28-55-42)30(2)44(29)54-40-27-34(51(12,13)14)26-39-43(40)52(47-45(54)36-24-32(49(6,7)8)18-22-41(36)57-47)37-25-33(50(9,10)11)17-21-38(37)53(39)35-19-15-31(16-20-35)48(3,4)5/h15-27H,28H2,1-14H3. The monoisotopic (exact) mass is 756 g/mol. The summed E-state index contributed by atoms with van der Waals surface area (Å²) in [6.07, 6.45) is 0. The average molecular weight is 757 g/mol. The molecule has 0 aliphatic carbocycles. The molecular formula is C51H57BN2O3. The lowest BCUT2D eigenvalue weighted by Crippen LogP contribution is -2.61. The molecule has 3 aliphatic rings. The smallest absolute Gasteiger partial charge is 0.297 e. The van der Waals surface area contributed by atoms with Crippen LogP contribution in [0, 0.1) is 13.8 Å². The second kappa shape index (κ2) is 12.2. The Morgan fingerprint density at radius 2 is 1.12 bits per heavy atom. The zero-order valence-corrected chi connectivity index (χ0v) is 36.4. The number of aryl methyl sites for hydroxylation is 1. The van der Waals surface area contributed by atoms with Crippen molar-refractivity contribution < 1.29 is 13.9 Å². The van der Waals surface area contributed by atoms with E-state index in [0.717, 1.165) is 56.3 Å². The van der Waals surface area contributed by atoms with Crippen LogP contribution in [0.3, 0.4) is 0 Å². The van der Waals surface area contributed by atoms with Crippen LogP contribution in [0.5, 0.6) is 11.5 Å². The van der Waals surface area contributed by atoms with Crippen molar-refractivity contribution in [2.45, 2.75) is 119 Å². The molecule has 0 amide bonds. The van der Waals surface area contributed by atoms with E-state index in [2.05, 4.69) is 186 Å². The SMILES string of the molecule is Cc1cc2c(c(C)c1N1c3cc(C(C)(C)C)cc4c3B(c3cc(C(C)(C)C)ccc3N4c3ccc(C(C)(C)C)cc3)c3oc4ccc(C(C)(C)C)cc4c31)OCO2. The first-order valence-corrected chi connectivity index (χ1v) is 20.6. The highest BCUT2D eigenvalue weighted by molar-refractivity contribution is 7.00. The van der Waals surface area contributed by atoms with Gasteiger partial charge in [0.05, 0.1) is 17.0 Å². The van der Waals surface area contributed by atoms with E-state index in [0.29, 0.717) is 0 Å². The van der Waals surface area contributed by atoms with Crippen molar-refractivity contribution in [1.29, 1.82) is 0 Å². The normalized spacial score (nSPS) is 14.9. The summed E-state index contributed by atoms with van der Waals surface area (Å²) in [4.78, 5) is 5.03. The van der Waals surface area contributed by atoms with Gasteiger partial charge in [-0.05, 0) is 123 Å². The van der Waals surface area contributed by atoms with Gasteiger partial charge in [-0.3, -0.25) is 0 Å². The van der Waals surface area contributed by atoms with Crippen LogP contribution in [0.4, 0.5) is 34.1 Å². The third kappa shape index (κ3) is 5.80. The number of nitrogens with zero attached hydrogens (tertiary/aromatic N) is 2. The van der Waals surface area contributed by atoms with Crippen LogP contribution in [-0.4, -0.2) is 13.5 Å². The summed E-state index contributed by atoms with van der Waals surface area (Å²) >= 11 is 0. The lowest BCUT2D eigenvalue weighted by Gasteiger charge is -2.44. The van der Waals surface area contributed by atoms with Crippen molar-refractivity contribution in [3.05, 3.63) is 112 Å². The Hall–Kier alpha value is -5.10. The zero-order chi connectivity index (χ0) is 40.7. The average Bonchev–Trinajstić information content (AvgIpc) is 3.75. The van der Waals surface area contributed by atoms with Gasteiger partial charge in [-0.2, -0.15) is 0 Å². The molecule has 0 bridgehead atoms. The Morgan fingerprint density at radius 3 is 1.75 bits per heavy atom. The fourth-order valence-electron chi connectivity index (χ4n) is 9.17. The summed E-state index contributed by atoms with van der Waals surface area (Å²) in [5.41, 5.74) is 18.4. The van der Waals surface area contributed by atoms with Gasteiger partial charge in [-0.25, -0.2) is 0 Å². The highest BCUT2D eigenvalue weighted by Gasteiger charge is 2.48. The van der Waals surface area contributed by atoms with Gasteiger partial charge < -0.3 is 23.7 Å². The molecule has 292 valence electrons. The van der Waals surface area contributed by atoms with E-state index in [1.807, 2.05) is 0 Å². The third-order valence-corrected chi connectivity index (χ3v) is 12.5. The number of ether oxygens (including phenoxy) is 2. The maximum absolute atomic E-state index is 7.29. The van der Waals surface area contributed by atoms with Gasteiger partial charge in [-0.1, -0.05) is 113 Å². The molecule has 6 aromatic rings. The first-order chi connectivity index (χ1) is 26.6. The second-order valence-corrected chi connectivity index (χ2v) is 20.8. The molecule has 0 unspecified atom stereocenters. The van der Waals surface area contributed by atoms with E-state index in [1.165, 1.54) is 50.2 Å². The number of benzene rings is 5. The predicted molar refractivity (Wildman–Crippen MR) is 241 cm³/mol. The summed E-state index contributed by atoms with van der Waals surface area (Å²) < 4.78 is 19.5. The van der Waals surface area contributed by atoms with Gasteiger partial charge in [0.15, 0.2) is 11.5 Å². The van der Waals surface area contributed by atoms with Crippen molar-refractivity contribution in [2.24, 2.45) is 0 Å². The Labute approximate surface area is 340 Å². The Bertz CT molecular complexity index is 2620. The molecule has 3 aliphatic heterocycles. The van der Waals surface area contributed by atoms with Crippen LogP contribution in [0.2, 0.25) is 0 Å². The third-order valence-electron chi connectivity index (χ3n) is 12.5. The summed E-state index contributed by atoms with van der Waals surface area (Å²) in [7, 11) is 0. The van der Waals surface area contributed by atoms with Crippen LogP contribution < -0.4 is 35.9 Å². The predicted octanol–water partition coefficient (Wildman–Crippen LogP) is 12.1. The molecule has 0 radical (unpaired) electrons. The Balaban J connectivity index is 1.45. The molecule has 0 N–H and O–H groups in total. The molecule has 4 heterocycles. The quantitative estimate of drug-likeness (QED) is 0.164. The number of hydrogen-bond donors (Lipinski definition) is 0. The number of rotatable bonds is 2. The van der Waals surface area contributed by atoms with Crippen LogP contribution in [0.15, 0.2) is 83.3 Å². The van der Waals surface area contributed by atoms with Crippen molar-refractivity contribution in [3.63, 3.8) is 0 Å². The number of fused-ring (bicyclic) bond motifs is 7. The van der Waals surface area contributed by atoms with Crippen LogP contribution >= 0.6 is 0 Å². The summed E-state index contributed by atoms with van der Waals surface area (Å²) in [5, 5.41) is 1.12. The topological polar surface area (TPSA) is 38.1 Å². The van der Waals surface area contributed by atoms with Crippen LogP contribution in [-0.2, 0) is 21.7 Å². The van der Waals surface area contributed by atoms with Gasteiger partial charge in [-0.15, -0.1) is 0 Å². The van der Waals surface area contributed by atoms with E-state index in [4.69, 9.17) is 13.9 Å². The molecule has 0 fully saturated rings. The highest BCUT2D eigenvalue weighted by atomic mass is 16.7. The van der Waals surface area contributed by atoms with Gasteiger partial charge >= 0.3 is 0 Å². The van der Waals surface area contributed by atoms with Crippen molar-refractivity contribution >= 4 is 68.4 Å². The molecule has 9 rings (SSSR count). The van der Waals surface area contributed by atoms with Crippen LogP contribution in [0.25, 0.3) is 11.0 Å². The summed E-state index contributed by atoms with van der Waals surface area (Å²) in [6, 6.07) is 30.3. The van der Waals surface area contributed by atoms with E-state index < -0.39 is 0 Å². The van der Waals surface area contributed by atoms with E-state index in [1.54, 1.807) is 0 Å². The minimum absolute atomic E-state index is 0.0434. The van der Waals surface area contributed by atoms with Crippen molar-refractivity contribution in [1.82, 2.24) is 0 Å². The van der Waals surface area contributed by atoms with E-state index in [-0.39, 0.29) is 35.2 Å². The van der Waals surface area contributed by atoms with Gasteiger partial charge in [0.1, 0.15) is 5.58 Å². The number of hydrogen-bond acceptors (Lipinski definition) is 5. The molecule has 0 saturated carbocycles. The highest BCUT2D eigenvalue weighted by Crippen LogP contribution is 2.53. The number of anilines is 6. The molecule has 0 spiro atoms. The molecule has 0 saturated heterocycles. The van der Waals surface area contributed by atoms with Crippen molar-refractivity contribution in [2.75, 3.05) is 16.6 Å². The largest absolute Gasteiger partial charge is 0.468 e. The second-order valence-electron chi connectivity index (χ2n) is 20.8. The van der Waals surface area contributed by atoms with E-state index in [9.17, 15) is 0 Å². The lowest BCUT2D eigenvalue weighted by atomic mass is 9.35. The summed E-state index contributed by atoms with van der Waals surface area (Å²) in [5.74, 6) is 1.61. The maximum atomic E-state index is 7.29. The maximum Gasteiger partial charge on any atom is 0.297 e. The molecule has 0 atom stereocenters. The Kier molecular flexibility index (Phi) is 8.03. The summed E-state index contributed by atoms with van der Waals surface area (Å²) in [6.45, 7) is 32.1. The number of furan rings is 1. The molecular weight excluding hydrogens is 699 g/mol. The molecule has 6 heteroatoms. The fraction of sp³-hybridized carbons (Fsp3) is 0.373. The molecule has 5 nitrogen and oxygen atoms in total. The molecule has 1 aromatic heterocycles. The van der Waals surface area contributed by atoms with Gasteiger partial charge in [0.25, 0.3) is 6.71 Å². The molecule has 57 heavy (non-hydrogen) atoms. The molecule has 5 aromatic carbocycles. The Morgan fingerprint density at radius 1 is 0.544 bits per heavy atom. The van der Waals surface area contributed by atoms with Crippen LogP contribution in [0.1, 0.15) is 116 Å². The minimum Gasteiger partial charge on any atom is -0.468 e. The van der Waals surface area contributed by atoms with Gasteiger partial charge in [0, 0.05) is 33.7 Å². The van der Waals surface area contributed by atoms with E-state index >= 15 is 0 Å².